The van der Waals surface area contributed by atoms with E-state index >= 15 is 0 Å². The van der Waals surface area contributed by atoms with Gasteiger partial charge in [-0.2, -0.15) is 0 Å². The van der Waals surface area contributed by atoms with Crippen LogP contribution >= 0.6 is 0 Å². The van der Waals surface area contributed by atoms with Gasteiger partial charge in [0, 0.05) is 6.04 Å². The van der Waals surface area contributed by atoms with Crippen LogP contribution in [0.2, 0.25) is 0 Å². The highest BCUT2D eigenvalue weighted by Crippen LogP contribution is 2.16. The van der Waals surface area contributed by atoms with Gasteiger partial charge in [-0.25, -0.2) is 0 Å². The Bertz CT molecular complexity index is 311. The summed E-state index contributed by atoms with van der Waals surface area (Å²) in [5.41, 5.74) is 7.17. The van der Waals surface area contributed by atoms with E-state index in [9.17, 15) is 5.11 Å². The Kier molecular flexibility index (Phi) is 6.01. The van der Waals surface area contributed by atoms with E-state index in [1.807, 2.05) is 19.1 Å². The van der Waals surface area contributed by atoms with Crippen molar-refractivity contribution in [2.75, 3.05) is 6.61 Å². The minimum Gasteiger partial charge on any atom is -0.486 e. The summed E-state index contributed by atoms with van der Waals surface area (Å²) < 4.78 is 5.67. The minimum absolute atomic E-state index is 0.0499. The van der Waals surface area contributed by atoms with Crippen molar-refractivity contribution in [2.45, 2.75) is 45.3 Å². The lowest BCUT2D eigenvalue weighted by atomic mass is 10.1. The zero-order valence-corrected chi connectivity index (χ0v) is 10.7. The van der Waals surface area contributed by atoms with E-state index in [1.165, 1.54) is 5.56 Å². The molecule has 0 heterocycles. The molecular weight excluding hydrogens is 214 g/mol. The standard InChI is InChI=1S/C14H23NO2/c1-3-5-11-6-8-12(9-7-11)17-14(10-16)13(15)4-2/h6-9,13-14,16H,3-5,10,15H2,1-2H3. The number of aliphatic hydroxyl groups is 1. The number of hydrogen-bond donors (Lipinski definition) is 2. The van der Waals surface area contributed by atoms with Crippen molar-refractivity contribution < 1.29 is 9.84 Å². The van der Waals surface area contributed by atoms with E-state index in [0.717, 1.165) is 25.0 Å². The van der Waals surface area contributed by atoms with Gasteiger partial charge in [-0.1, -0.05) is 32.4 Å². The molecule has 96 valence electrons. The van der Waals surface area contributed by atoms with Crippen molar-refractivity contribution in [3.8, 4) is 5.75 Å². The lowest BCUT2D eigenvalue weighted by Crippen LogP contribution is -2.41. The Morgan fingerprint density at radius 3 is 2.35 bits per heavy atom. The molecule has 1 rings (SSSR count). The molecule has 0 fully saturated rings. The molecule has 0 aliphatic heterocycles. The van der Waals surface area contributed by atoms with E-state index < -0.39 is 0 Å². The van der Waals surface area contributed by atoms with Gasteiger partial charge in [0.15, 0.2) is 0 Å². The second kappa shape index (κ2) is 7.30. The summed E-state index contributed by atoms with van der Waals surface area (Å²) in [5, 5.41) is 9.22. The zero-order chi connectivity index (χ0) is 12.7. The first-order chi connectivity index (χ1) is 8.21. The normalized spacial score (nSPS) is 14.4. The molecule has 2 unspecified atom stereocenters. The molecule has 0 bridgehead atoms. The largest absolute Gasteiger partial charge is 0.486 e. The first-order valence-corrected chi connectivity index (χ1v) is 6.33. The first kappa shape index (κ1) is 14.0. The van der Waals surface area contributed by atoms with Crippen molar-refractivity contribution in [3.63, 3.8) is 0 Å². The van der Waals surface area contributed by atoms with Crippen LogP contribution in [-0.4, -0.2) is 23.9 Å². The maximum atomic E-state index is 9.22. The number of aliphatic hydroxyl groups excluding tert-OH is 1. The fraction of sp³-hybridized carbons (Fsp3) is 0.571. The summed E-state index contributed by atoms with van der Waals surface area (Å²) >= 11 is 0. The van der Waals surface area contributed by atoms with E-state index in [0.29, 0.717) is 0 Å². The van der Waals surface area contributed by atoms with Crippen LogP contribution in [0.25, 0.3) is 0 Å². The van der Waals surface area contributed by atoms with Gasteiger partial charge < -0.3 is 15.6 Å². The number of hydrogen-bond acceptors (Lipinski definition) is 3. The Morgan fingerprint density at radius 2 is 1.88 bits per heavy atom. The smallest absolute Gasteiger partial charge is 0.137 e. The summed E-state index contributed by atoms with van der Waals surface area (Å²) in [7, 11) is 0. The van der Waals surface area contributed by atoms with Gasteiger partial charge >= 0.3 is 0 Å². The number of aryl methyl sites for hydroxylation is 1. The van der Waals surface area contributed by atoms with Crippen LogP contribution in [0, 0.1) is 0 Å². The fourth-order valence-electron chi connectivity index (χ4n) is 1.72. The van der Waals surface area contributed by atoms with Crippen LogP contribution in [-0.2, 0) is 6.42 Å². The molecular formula is C14H23NO2. The van der Waals surface area contributed by atoms with Crippen molar-refractivity contribution in [1.29, 1.82) is 0 Å². The van der Waals surface area contributed by atoms with Crippen LogP contribution in [0.1, 0.15) is 32.3 Å². The van der Waals surface area contributed by atoms with Crippen LogP contribution in [0.15, 0.2) is 24.3 Å². The lowest BCUT2D eigenvalue weighted by molar-refractivity contribution is 0.0932. The number of ether oxygens (including phenoxy) is 1. The van der Waals surface area contributed by atoms with Gasteiger partial charge in [-0.3, -0.25) is 0 Å². The summed E-state index contributed by atoms with van der Waals surface area (Å²) in [6, 6.07) is 7.87. The third-order valence-corrected chi connectivity index (χ3v) is 2.88. The van der Waals surface area contributed by atoms with Crippen LogP contribution in [0.3, 0.4) is 0 Å². The quantitative estimate of drug-likeness (QED) is 0.763. The summed E-state index contributed by atoms with van der Waals surface area (Å²) in [5.74, 6) is 0.771. The van der Waals surface area contributed by atoms with Gasteiger partial charge in [0.1, 0.15) is 11.9 Å². The number of rotatable bonds is 7. The van der Waals surface area contributed by atoms with Gasteiger partial charge in [0.25, 0.3) is 0 Å². The van der Waals surface area contributed by atoms with Crippen molar-refractivity contribution >= 4 is 0 Å². The predicted octanol–water partition coefficient (Wildman–Crippen LogP) is 2.12. The molecule has 0 saturated carbocycles. The zero-order valence-electron chi connectivity index (χ0n) is 10.7. The van der Waals surface area contributed by atoms with E-state index in [1.54, 1.807) is 0 Å². The van der Waals surface area contributed by atoms with E-state index in [4.69, 9.17) is 10.5 Å². The number of benzene rings is 1. The molecule has 2 atom stereocenters. The summed E-state index contributed by atoms with van der Waals surface area (Å²) in [6.45, 7) is 4.10. The Balaban J connectivity index is 2.60. The first-order valence-electron chi connectivity index (χ1n) is 6.33. The molecule has 1 aromatic carbocycles. The molecule has 0 aliphatic carbocycles. The Labute approximate surface area is 104 Å². The average molecular weight is 237 g/mol. The lowest BCUT2D eigenvalue weighted by Gasteiger charge is -2.22. The van der Waals surface area contributed by atoms with Crippen molar-refractivity contribution in [2.24, 2.45) is 5.73 Å². The van der Waals surface area contributed by atoms with Gasteiger partial charge in [-0.15, -0.1) is 0 Å². The molecule has 17 heavy (non-hydrogen) atoms. The Hall–Kier alpha value is -1.06. The van der Waals surface area contributed by atoms with Crippen molar-refractivity contribution in [1.82, 2.24) is 0 Å². The summed E-state index contributed by atoms with van der Waals surface area (Å²) in [4.78, 5) is 0. The predicted molar refractivity (Wildman–Crippen MR) is 70.2 cm³/mol. The molecule has 0 saturated heterocycles. The highest BCUT2D eigenvalue weighted by molar-refractivity contribution is 5.27. The average Bonchev–Trinajstić information content (AvgIpc) is 2.37. The molecule has 0 aliphatic rings. The number of nitrogens with two attached hydrogens (primary N) is 1. The van der Waals surface area contributed by atoms with Gasteiger partial charge in [-0.05, 0) is 30.5 Å². The molecule has 0 aromatic heterocycles. The molecule has 0 radical (unpaired) electrons. The van der Waals surface area contributed by atoms with Crippen LogP contribution in [0.4, 0.5) is 0 Å². The van der Waals surface area contributed by atoms with Gasteiger partial charge in [0.2, 0.25) is 0 Å². The summed E-state index contributed by atoms with van der Waals surface area (Å²) in [6.07, 6.45) is 2.69. The maximum Gasteiger partial charge on any atom is 0.137 e. The fourth-order valence-corrected chi connectivity index (χ4v) is 1.72. The molecule has 0 amide bonds. The van der Waals surface area contributed by atoms with E-state index in [-0.39, 0.29) is 18.8 Å². The Morgan fingerprint density at radius 1 is 1.24 bits per heavy atom. The van der Waals surface area contributed by atoms with Crippen LogP contribution in [0.5, 0.6) is 5.75 Å². The molecule has 3 nitrogen and oxygen atoms in total. The third-order valence-electron chi connectivity index (χ3n) is 2.88. The highest BCUT2D eigenvalue weighted by atomic mass is 16.5. The van der Waals surface area contributed by atoms with Crippen LogP contribution < -0.4 is 10.5 Å². The second-order valence-corrected chi connectivity index (χ2v) is 4.30. The maximum absolute atomic E-state index is 9.22. The highest BCUT2D eigenvalue weighted by Gasteiger charge is 2.16. The third kappa shape index (κ3) is 4.36. The van der Waals surface area contributed by atoms with Crippen molar-refractivity contribution in [3.05, 3.63) is 29.8 Å². The molecule has 3 N–H and O–H groups in total. The monoisotopic (exact) mass is 237 g/mol. The molecule has 1 aromatic rings. The minimum atomic E-state index is -0.322. The second-order valence-electron chi connectivity index (χ2n) is 4.30. The molecule has 0 spiro atoms. The van der Waals surface area contributed by atoms with E-state index in [2.05, 4.69) is 19.1 Å². The SMILES string of the molecule is CCCc1ccc(OC(CO)C(N)CC)cc1. The topological polar surface area (TPSA) is 55.5 Å². The van der Waals surface area contributed by atoms with Gasteiger partial charge in [0.05, 0.1) is 6.61 Å². The molecule has 3 heteroatoms.